The summed E-state index contributed by atoms with van der Waals surface area (Å²) in [4.78, 5) is 0. The fraction of sp³-hybridized carbons (Fsp3) is 0.154. The van der Waals surface area contributed by atoms with Crippen molar-refractivity contribution in [2.24, 2.45) is 0 Å². The normalized spacial score (nSPS) is 15.9. The van der Waals surface area contributed by atoms with E-state index in [1.807, 2.05) is 0 Å². The Morgan fingerprint density at radius 2 is 0.966 bits per heavy atom. The van der Waals surface area contributed by atoms with Gasteiger partial charge >= 0.3 is 0 Å². The topological polar surface area (TPSA) is 6.48 Å². The summed E-state index contributed by atoms with van der Waals surface area (Å²) in [5.74, 6) is 0. The van der Waals surface area contributed by atoms with Crippen LogP contribution in [0.5, 0.6) is 0 Å². The van der Waals surface area contributed by atoms with Crippen molar-refractivity contribution in [1.82, 2.24) is 9.34 Å². The summed E-state index contributed by atoms with van der Waals surface area (Å²) < 4.78 is 5.03. The van der Waals surface area contributed by atoms with Crippen LogP contribution in [0.15, 0.2) is 97.3 Å². The van der Waals surface area contributed by atoms with E-state index in [9.17, 15) is 0 Å². The largest absolute Gasteiger partial charge is 0.230 e. The number of hydrogen-bond donors (Lipinski definition) is 0. The molecule has 0 aromatic heterocycles. The van der Waals surface area contributed by atoms with E-state index in [0.29, 0.717) is 12.1 Å². The fourth-order valence-corrected chi connectivity index (χ4v) is 5.73. The third-order valence-electron chi connectivity index (χ3n) is 6.12. The molecule has 0 radical (unpaired) electrons. The molecule has 0 aliphatic carbocycles. The van der Waals surface area contributed by atoms with E-state index in [1.165, 1.54) is 32.7 Å². The lowest BCUT2D eigenvalue weighted by Gasteiger charge is -2.25. The molecule has 0 saturated carbocycles. The van der Waals surface area contributed by atoms with E-state index in [1.54, 1.807) is 0 Å². The highest BCUT2D eigenvalue weighted by atomic mass is 31.1. The van der Waals surface area contributed by atoms with Gasteiger partial charge in [-0.1, -0.05) is 84.9 Å². The van der Waals surface area contributed by atoms with Gasteiger partial charge in [0.2, 0.25) is 0 Å². The summed E-state index contributed by atoms with van der Waals surface area (Å²) in [6, 6.07) is 31.4. The zero-order valence-electron chi connectivity index (χ0n) is 16.9. The summed E-state index contributed by atoms with van der Waals surface area (Å²) >= 11 is 0. The van der Waals surface area contributed by atoms with Crippen LogP contribution >= 0.6 is 8.88 Å². The number of benzene rings is 4. The molecule has 0 bridgehead atoms. The van der Waals surface area contributed by atoms with Crippen molar-refractivity contribution in [3.8, 4) is 0 Å². The summed E-state index contributed by atoms with van der Waals surface area (Å²) in [5, 5.41) is 5.35. The molecule has 4 aromatic rings. The fourth-order valence-electron chi connectivity index (χ4n) is 4.39. The van der Waals surface area contributed by atoms with Crippen molar-refractivity contribution in [3.63, 3.8) is 0 Å². The van der Waals surface area contributed by atoms with Crippen LogP contribution < -0.4 is 0 Å². The van der Waals surface area contributed by atoms with Crippen LogP contribution in [0, 0.1) is 0 Å². The van der Waals surface area contributed by atoms with Crippen LogP contribution in [0.4, 0.5) is 0 Å². The zero-order chi connectivity index (χ0) is 19.8. The zero-order valence-corrected chi connectivity index (χ0v) is 18.0. The first-order valence-corrected chi connectivity index (χ1v) is 11.3. The monoisotopic (exact) mass is 397 g/mol. The third-order valence-corrected chi connectivity index (χ3v) is 7.89. The highest BCUT2D eigenvalue weighted by Crippen LogP contribution is 2.45. The highest BCUT2D eigenvalue weighted by molar-refractivity contribution is 7.33. The van der Waals surface area contributed by atoms with E-state index < -0.39 is 0 Å². The second kappa shape index (κ2) is 7.54. The Hall–Kier alpha value is -2.83. The van der Waals surface area contributed by atoms with Crippen LogP contribution in [0.25, 0.3) is 21.5 Å². The summed E-state index contributed by atoms with van der Waals surface area (Å²) in [7, 11) is 0.00599. The van der Waals surface area contributed by atoms with Gasteiger partial charge in [0.25, 0.3) is 0 Å². The second-order valence-corrected chi connectivity index (χ2v) is 9.22. The second-order valence-electron chi connectivity index (χ2n) is 7.80. The average Bonchev–Trinajstić information content (AvgIpc) is 3.28. The lowest BCUT2D eigenvalue weighted by Crippen LogP contribution is -2.15. The molecule has 2 atom stereocenters. The Labute approximate surface area is 174 Å². The minimum Gasteiger partial charge on any atom is -0.230 e. The minimum atomic E-state index is 0.00599. The van der Waals surface area contributed by atoms with Crippen molar-refractivity contribution in [2.75, 3.05) is 0 Å². The predicted molar refractivity (Wildman–Crippen MR) is 127 cm³/mol. The molecule has 0 amide bonds. The first kappa shape index (κ1) is 18.2. The quantitative estimate of drug-likeness (QED) is 0.338. The first-order valence-electron chi connectivity index (χ1n) is 10.3. The van der Waals surface area contributed by atoms with Crippen molar-refractivity contribution in [1.29, 1.82) is 0 Å². The summed E-state index contributed by atoms with van der Waals surface area (Å²) in [5.41, 5.74) is 2.81. The first-order chi connectivity index (χ1) is 14.2. The van der Waals surface area contributed by atoms with Crippen molar-refractivity contribution >= 4 is 30.4 Å². The van der Waals surface area contributed by atoms with Gasteiger partial charge in [-0.05, 0) is 46.5 Å². The molecule has 3 heteroatoms. The van der Waals surface area contributed by atoms with Gasteiger partial charge in [-0.3, -0.25) is 0 Å². The average molecular weight is 397 g/mol. The molecule has 1 aliphatic heterocycles. The van der Waals surface area contributed by atoms with E-state index in [2.05, 4.69) is 121 Å². The van der Waals surface area contributed by atoms with Crippen molar-refractivity contribution in [2.45, 2.75) is 25.9 Å². The molecule has 5 rings (SSSR count). The van der Waals surface area contributed by atoms with Gasteiger partial charge in [-0.15, -0.1) is 0 Å². The number of fused-ring (bicyclic) bond motifs is 2. The Kier molecular flexibility index (Phi) is 4.73. The summed E-state index contributed by atoms with van der Waals surface area (Å²) in [6.45, 7) is 4.65. The number of nitrogens with zero attached hydrogens (tertiary/aromatic N) is 2. The van der Waals surface area contributed by atoms with Gasteiger partial charge in [-0.25, -0.2) is 9.34 Å². The van der Waals surface area contributed by atoms with Gasteiger partial charge in [0.1, 0.15) is 0 Å². The molecule has 1 heterocycles. The van der Waals surface area contributed by atoms with Crippen LogP contribution in [0.1, 0.15) is 37.1 Å². The van der Waals surface area contributed by atoms with Crippen molar-refractivity contribution in [3.05, 3.63) is 108 Å². The van der Waals surface area contributed by atoms with Gasteiger partial charge in [0.05, 0.1) is 24.5 Å². The molecule has 0 unspecified atom stereocenters. The molecular weight excluding hydrogens is 371 g/mol. The van der Waals surface area contributed by atoms with Gasteiger partial charge < -0.3 is 0 Å². The lowest BCUT2D eigenvalue weighted by molar-refractivity contribution is 0.462. The molecule has 0 fully saturated rings. The standard InChI is InChI=1S/C26H25N2P/c1-19(23-15-7-11-21-9-3-5-13-25(21)23)27-17-18-28(29-27)20(2)24-16-8-12-22-10-4-6-14-26(22)24/h3-20,29H,1-2H3/p+1/t19-,20-/m0/s1. The maximum atomic E-state index is 2.52. The molecule has 0 N–H and O–H groups in total. The molecular formula is C26H26N2P+. The molecule has 4 aromatic carbocycles. The predicted octanol–water partition coefficient (Wildman–Crippen LogP) is 7.14. The Morgan fingerprint density at radius 3 is 1.45 bits per heavy atom. The molecule has 0 spiro atoms. The number of hydrogen-bond acceptors (Lipinski definition) is 2. The third kappa shape index (κ3) is 3.28. The molecule has 29 heavy (non-hydrogen) atoms. The highest BCUT2D eigenvalue weighted by Gasteiger charge is 2.30. The van der Waals surface area contributed by atoms with Crippen LogP contribution in [0.2, 0.25) is 0 Å². The van der Waals surface area contributed by atoms with E-state index in [-0.39, 0.29) is 8.88 Å². The van der Waals surface area contributed by atoms with E-state index in [4.69, 9.17) is 0 Å². The van der Waals surface area contributed by atoms with Crippen LogP contribution in [-0.2, 0) is 0 Å². The molecule has 2 nitrogen and oxygen atoms in total. The van der Waals surface area contributed by atoms with Crippen LogP contribution in [0.3, 0.4) is 0 Å². The Balaban J connectivity index is 1.40. The molecule has 0 saturated heterocycles. The van der Waals surface area contributed by atoms with E-state index >= 15 is 0 Å². The minimum absolute atomic E-state index is 0.00599. The van der Waals surface area contributed by atoms with E-state index in [0.717, 1.165) is 0 Å². The number of rotatable bonds is 4. The molecule has 144 valence electrons. The van der Waals surface area contributed by atoms with Crippen LogP contribution in [-0.4, -0.2) is 9.34 Å². The van der Waals surface area contributed by atoms with Crippen molar-refractivity contribution < 1.29 is 0 Å². The Morgan fingerprint density at radius 1 is 0.552 bits per heavy atom. The summed E-state index contributed by atoms with van der Waals surface area (Å²) in [6.07, 6.45) is 4.56. The maximum absolute atomic E-state index is 2.52. The maximum Gasteiger partial charge on any atom is 0.170 e. The molecule has 1 aliphatic rings. The lowest BCUT2D eigenvalue weighted by atomic mass is 10.00. The smallest absolute Gasteiger partial charge is 0.170 e. The SMILES string of the molecule is C[C@@H](c1cccc2ccccc12)N1C=CN([C@@H](C)c2cccc3ccccc23)[PH2+]1. The van der Waals surface area contributed by atoms with Gasteiger partial charge in [0.15, 0.2) is 8.88 Å². The Bertz CT molecular complexity index is 1100. The van der Waals surface area contributed by atoms with Gasteiger partial charge in [-0.2, -0.15) is 0 Å². The van der Waals surface area contributed by atoms with Gasteiger partial charge in [0, 0.05) is 0 Å².